The van der Waals surface area contributed by atoms with Crippen molar-refractivity contribution < 1.29 is 58.3 Å². The van der Waals surface area contributed by atoms with Crippen LogP contribution in [0.25, 0.3) is 0 Å². The number of aliphatic hydroxyl groups is 2. The lowest BCUT2D eigenvalue weighted by molar-refractivity contribution is -0.270. The van der Waals surface area contributed by atoms with Gasteiger partial charge in [-0.25, -0.2) is 0 Å². The van der Waals surface area contributed by atoms with Gasteiger partial charge in [-0.15, -0.1) is 0 Å². The monoisotopic (exact) mass is 605 g/mol. The summed E-state index contributed by atoms with van der Waals surface area (Å²) in [4.78, 5) is 71.8. The zero-order chi connectivity index (χ0) is 32.3. The first-order chi connectivity index (χ1) is 19.4. The van der Waals surface area contributed by atoms with E-state index in [1.54, 1.807) is 13.8 Å². The van der Waals surface area contributed by atoms with Gasteiger partial charge in [-0.1, -0.05) is 0 Å². The third kappa shape index (κ3) is 11.8. The smallest absolute Gasteiger partial charge is 0.325 e. The van der Waals surface area contributed by atoms with E-state index in [0.717, 1.165) is 0 Å². The lowest BCUT2D eigenvalue weighted by Crippen LogP contribution is -2.66. The van der Waals surface area contributed by atoms with Crippen molar-refractivity contribution >= 4 is 35.5 Å². The number of aliphatic carboxylic acids is 1. The first-order valence-electron chi connectivity index (χ1n) is 13.4. The molecular formula is C25H43N5O12. The number of amides is 5. The van der Waals surface area contributed by atoms with E-state index >= 15 is 0 Å². The fourth-order valence-electron chi connectivity index (χ4n) is 3.84. The van der Waals surface area contributed by atoms with Gasteiger partial charge in [-0.2, -0.15) is 0 Å². The summed E-state index contributed by atoms with van der Waals surface area (Å²) in [6, 6.07) is -4.90. The zero-order valence-corrected chi connectivity index (χ0v) is 24.5. The molecule has 0 bridgehead atoms. The first kappa shape index (κ1) is 36.6. The van der Waals surface area contributed by atoms with Crippen molar-refractivity contribution in [1.82, 2.24) is 21.3 Å². The van der Waals surface area contributed by atoms with E-state index in [-0.39, 0.29) is 25.6 Å². The van der Waals surface area contributed by atoms with Crippen LogP contribution in [-0.2, 0) is 43.0 Å². The van der Waals surface area contributed by atoms with Crippen molar-refractivity contribution in [1.29, 1.82) is 0 Å². The SMILES string of the molecule is CC(=O)NC1C(O)OC(COC(C)C)C(O)C1O[C@H](C)C(=O)N[C@@H](C)C(=O)N[C@H](CCC(=O)N[C@@H](C)C(=O)O)C(N)=O. The molecule has 17 nitrogen and oxygen atoms in total. The summed E-state index contributed by atoms with van der Waals surface area (Å²) in [5.41, 5.74) is 5.32. The summed E-state index contributed by atoms with van der Waals surface area (Å²) in [6.45, 7) is 8.48. The summed E-state index contributed by atoms with van der Waals surface area (Å²) in [5, 5.41) is 39.6. The Hall–Kier alpha value is -3.38. The van der Waals surface area contributed by atoms with Crippen LogP contribution in [0, 0.1) is 0 Å². The molecule has 1 rings (SSSR count). The van der Waals surface area contributed by atoms with Crippen LogP contribution < -0.4 is 27.0 Å². The van der Waals surface area contributed by atoms with E-state index in [9.17, 15) is 39.0 Å². The predicted octanol–water partition coefficient (Wildman–Crippen LogP) is -3.39. The Bertz CT molecular complexity index is 979. The second-order valence-electron chi connectivity index (χ2n) is 10.3. The molecule has 0 aromatic carbocycles. The Balaban J connectivity index is 2.82. The van der Waals surface area contributed by atoms with Gasteiger partial charge in [-0.05, 0) is 41.0 Å². The Morgan fingerprint density at radius 3 is 2.07 bits per heavy atom. The number of ether oxygens (including phenoxy) is 3. The quantitative estimate of drug-likeness (QED) is 0.0856. The number of hydrogen-bond donors (Lipinski definition) is 8. The summed E-state index contributed by atoms with van der Waals surface area (Å²) in [5.74, 6) is -5.06. The number of carboxylic acid groups (broad SMARTS) is 1. The number of primary amides is 1. The fraction of sp³-hybridized carbons (Fsp3) is 0.760. The normalized spacial score (nSPS) is 24.9. The first-order valence-corrected chi connectivity index (χ1v) is 13.4. The van der Waals surface area contributed by atoms with Gasteiger partial charge in [-0.3, -0.25) is 28.8 Å². The highest BCUT2D eigenvalue weighted by Gasteiger charge is 2.47. The molecule has 9 atom stereocenters. The minimum absolute atomic E-state index is 0.110. The average molecular weight is 606 g/mol. The van der Waals surface area contributed by atoms with Crippen LogP contribution in [0.15, 0.2) is 0 Å². The van der Waals surface area contributed by atoms with Gasteiger partial charge in [0, 0.05) is 13.3 Å². The van der Waals surface area contributed by atoms with Crippen LogP contribution >= 0.6 is 0 Å². The van der Waals surface area contributed by atoms with Crippen molar-refractivity contribution in [2.24, 2.45) is 5.73 Å². The Morgan fingerprint density at radius 1 is 0.929 bits per heavy atom. The van der Waals surface area contributed by atoms with E-state index in [2.05, 4.69) is 21.3 Å². The number of nitrogens with two attached hydrogens (primary N) is 1. The number of nitrogens with one attached hydrogen (secondary N) is 4. The van der Waals surface area contributed by atoms with Crippen molar-refractivity contribution in [3.63, 3.8) is 0 Å². The number of hydrogen-bond acceptors (Lipinski definition) is 11. The van der Waals surface area contributed by atoms with Gasteiger partial charge < -0.3 is 56.5 Å². The molecule has 1 aliphatic heterocycles. The molecule has 0 aliphatic carbocycles. The largest absolute Gasteiger partial charge is 0.480 e. The Morgan fingerprint density at radius 2 is 1.55 bits per heavy atom. The van der Waals surface area contributed by atoms with Gasteiger partial charge >= 0.3 is 5.97 Å². The highest BCUT2D eigenvalue weighted by atomic mass is 16.6. The van der Waals surface area contributed by atoms with Crippen molar-refractivity contribution in [3.05, 3.63) is 0 Å². The molecule has 1 fully saturated rings. The summed E-state index contributed by atoms with van der Waals surface area (Å²) in [7, 11) is 0. The van der Waals surface area contributed by atoms with E-state index < -0.39 is 90.4 Å². The third-order valence-corrected chi connectivity index (χ3v) is 6.21. The molecule has 240 valence electrons. The molecular weight excluding hydrogens is 562 g/mol. The minimum Gasteiger partial charge on any atom is -0.480 e. The summed E-state index contributed by atoms with van der Waals surface area (Å²) >= 11 is 0. The van der Waals surface area contributed by atoms with Crippen LogP contribution in [0.1, 0.15) is 54.4 Å². The van der Waals surface area contributed by atoms with E-state index in [1.165, 1.54) is 27.7 Å². The lowest BCUT2D eigenvalue weighted by Gasteiger charge is -2.43. The van der Waals surface area contributed by atoms with Gasteiger partial charge in [0.1, 0.15) is 48.6 Å². The van der Waals surface area contributed by atoms with Crippen LogP contribution in [0.3, 0.4) is 0 Å². The average Bonchev–Trinajstić information content (AvgIpc) is 2.88. The molecule has 5 amide bonds. The van der Waals surface area contributed by atoms with E-state index in [0.29, 0.717) is 0 Å². The lowest BCUT2D eigenvalue weighted by atomic mass is 9.96. The second kappa shape index (κ2) is 16.9. The maximum Gasteiger partial charge on any atom is 0.325 e. The molecule has 0 spiro atoms. The fourth-order valence-corrected chi connectivity index (χ4v) is 3.84. The number of carboxylic acids is 1. The molecule has 0 saturated carbocycles. The minimum atomic E-state index is -1.59. The third-order valence-electron chi connectivity index (χ3n) is 6.21. The highest BCUT2D eigenvalue weighted by molar-refractivity contribution is 5.92. The molecule has 1 heterocycles. The maximum absolute atomic E-state index is 12.8. The van der Waals surface area contributed by atoms with Gasteiger partial charge in [0.15, 0.2) is 6.29 Å². The number of carbonyl (C=O) groups excluding carboxylic acids is 5. The van der Waals surface area contributed by atoms with Crippen LogP contribution in [0.2, 0.25) is 0 Å². The van der Waals surface area contributed by atoms with Gasteiger partial charge in [0.25, 0.3) is 0 Å². The Kier molecular flexibility index (Phi) is 14.8. The van der Waals surface area contributed by atoms with E-state index in [1.807, 2.05) is 0 Å². The molecule has 42 heavy (non-hydrogen) atoms. The molecule has 0 radical (unpaired) electrons. The standard InChI is InChI=1S/C25H43N5O12/c1-10(2)40-9-16-19(33)20(18(25(39)42-16)29-14(6)31)41-13(5)23(36)28-11(3)22(35)30-15(21(26)34)7-8-17(32)27-12(4)24(37)38/h10-13,15-16,18-20,25,33,39H,7-9H2,1-6H3,(H2,26,34)(H,27,32)(H,28,36)(H,29,31)(H,30,35)(H,37,38)/t11-,12-,13+,15+,16?,18?,19?,20?,25?/m0/s1. The van der Waals surface area contributed by atoms with E-state index in [4.69, 9.17) is 25.1 Å². The Labute approximate surface area is 243 Å². The maximum atomic E-state index is 12.8. The van der Waals surface area contributed by atoms with Crippen molar-refractivity contribution in [2.45, 2.75) is 115 Å². The van der Waals surface area contributed by atoms with Crippen LogP contribution in [0.5, 0.6) is 0 Å². The molecule has 5 unspecified atom stereocenters. The van der Waals surface area contributed by atoms with Gasteiger partial charge in [0.2, 0.25) is 29.5 Å². The molecule has 1 saturated heterocycles. The predicted molar refractivity (Wildman–Crippen MR) is 143 cm³/mol. The van der Waals surface area contributed by atoms with Crippen molar-refractivity contribution in [2.75, 3.05) is 6.61 Å². The summed E-state index contributed by atoms with van der Waals surface area (Å²) in [6.07, 6.45) is -7.43. The number of rotatable bonds is 16. The molecule has 0 aromatic rings. The number of carbonyl (C=O) groups is 6. The van der Waals surface area contributed by atoms with Crippen molar-refractivity contribution in [3.8, 4) is 0 Å². The van der Waals surface area contributed by atoms with Gasteiger partial charge in [0.05, 0.1) is 12.7 Å². The summed E-state index contributed by atoms with van der Waals surface area (Å²) < 4.78 is 16.6. The highest BCUT2D eigenvalue weighted by Crippen LogP contribution is 2.24. The zero-order valence-electron chi connectivity index (χ0n) is 24.5. The molecule has 0 aromatic heterocycles. The second-order valence-corrected chi connectivity index (χ2v) is 10.3. The topological polar surface area (TPSA) is 265 Å². The van der Waals surface area contributed by atoms with Crippen LogP contribution in [0.4, 0.5) is 0 Å². The molecule has 9 N–H and O–H groups in total. The molecule has 17 heteroatoms. The van der Waals surface area contributed by atoms with Crippen LogP contribution in [-0.4, -0.2) is 118 Å². The molecule has 1 aliphatic rings. The number of aliphatic hydroxyl groups excluding tert-OH is 2.